The molecular formula is C25H21FN6O3S2. The van der Waals surface area contributed by atoms with Gasteiger partial charge in [0.15, 0.2) is 16.7 Å². The van der Waals surface area contributed by atoms with Crippen molar-refractivity contribution >= 4 is 55.5 Å². The number of halogens is 1. The van der Waals surface area contributed by atoms with E-state index in [-0.39, 0.29) is 17.5 Å². The highest BCUT2D eigenvalue weighted by Crippen LogP contribution is 2.40. The molecule has 4 aromatic heterocycles. The van der Waals surface area contributed by atoms with Crippen molar-refractivity contribution in [2.24, 2.45) is 5.73 Å². The average molecular weight is 537 g/mol. The predicted octanol–water partition coefficient (Wildman–Crippen LogP) is 5.67. The highest BCUT2D eigenvalue weighted by atomic mass is 32.1. The van der Waals surface area contributed by atoms with Crippen molar-refractivity contribution in [1.29, 1.82) is 0 Å². The zero-order chi connectivity index (χ0) is 26.1. The first-order valence-corrected chi connectivity index (χ1v) is 12.9. The number of nitrogens with zero attached hydrogens (tertiary/aromatic N) is 5. The van der Waals surface area contributed by atoms with E-state index in [1.54, 1.807) is 24.0 Å². The largest absolute Gasteiger partial charge is 0.453 e. The summed E-state index contributed by atoms with van der Waals surface area (Å²) in [6, 6.07) is 7.99. The van der Waals surface area contributed by atoms with Gasteiger partial charge in [-0.25, -0.2) is 14.4 Å². The molecule has 5 aromatic rings. The Morgan fingerprint density at radius 3 is 2.65 bits per heavy atom. The monoisotopic (exact) mass is 536 g/mol. The standard InChI is InChI=1S/C25H21FN6O3S2/c1-14(2)31-12-18(30-13-31)21-10-17-24(37-21)20(5-6-28-17)35-19-4-3-15(9-16(19)26)32(23(34)11-22(27)33)25-29-7-8-36-25/h3-10,12-14H,11H2,1-2H3,(H2,27,33). The number of thiophene rings is 1. The van der Waals surface area contributed by atoms with Crippen LogP contribution in [-0.4, -0.2) is 31.3 Å². The average Bonchev–Trinajstić information content (AvgIpc) is 3.61. The number of primary amides is 1. The lowest BCUT2D eigenvalue weighted by Crippen LogP contribution is -2.30. The Bertz CT molecular complexity index is 1600. The number of amides is 2. The highest BCUT2D eigenvalue weighted by molar-refractivity contribution is 7.22. The SMILES string of the molecule is CC(C)n1cnc(-c2cc3nccc(Oc4ccc(N(C(=O)CC(N)=O)c5nccs5)cc4F)c3s2)c1. The van der Waals surface area contributed by atoms with Crippen LogP contribution in [0, 0.1) is 5.82 Å². The number of carbonyl (C=O) groups excluding carboxylic acids is 2. The first-order chi connectivity index (χ1) is 17.8. The summed E-state index contributed by atoms with van der Waals surface area (Å²) in [5.41, 5.74) is 6.92. The van der Waals surface area contributed by atoms with Crippen molar-refractivity contribution in [3.8, 4) is 22.1 Å². The molecule has 0 saturated carbocycles. The van der Waals surface area contributed by atoms with Gasteiger partial charge in [-0.3, -0.25) is 19.5 Å². The van der Waals surface area contributed by atoms with Crippen molar-refractivity contribution in [2.45, 2.75) is 26.3 Å². The lowest BCUT2D eigenvalue weighted by atomic mass is 10.2. The number of imidazole rings is 1. The molecule has 0 unspecified atom stereocenters. The van der Waals surface area contributed by atoms with Crippen LogP contribution in [0.2, 0.25) is 0 Å². The Balaban J connectivity index is 1.45. The summed E-state index contributed by atoms with van der Waals surface area (Å²) in [6.07, 6.45) is 6.33. The van der Waals surface area contributed by atoms with Gasteiger partial charge in [0.2, 0.25) is 11.8 Å². The zero-order valence-electron chi connectivity index (χ0n) is 19.8. The van der Waals surface area contributed by atoms with E-state index in [0.29, 0.717) is 16.4 Å². The van der Waals surface area contributed by atoms with Crippen LogP contribution in [0.25, 0.3) is 20.8 Å². The maximum atomic E-state index is 15.2. The molecule has 0 aliphatic rings. The molecule has 12 heteroatoms. The van der Waals surface area contributed by atoms with Gasteiger partial charge in [0.1, 0.15) is 12.2 Å². The van der Waals surface area contributed by atoms with Crippen LogP contribution in [-0.2, 0) is 9.59 Å². The fourth-order valence-electron chi connectivity index (χ4n) is 3.61. The van der Waals surface area contributed by atoms with Crippen LogP contribution >= 0.6 is 22.7 Å². The van der Waals surface area contributed by atoms with Crippen molar-refractivity contribution in [3.63, 3.8) is 0 Å². The minimum absolute atomic E-state index is 0.0308. The van der Waals surface area contributed by atoms with Crippen LogP contribution in [0.15, 0.2) is 60.6 Å². The normalized spacial score (nSPS) is 11.2. The van der Waals surface area contributed by atoms with Crippen LogP contribution in [0.3, 0.4) is 0 Å². The number of thiazole rings is 1. The highest BCUT2D eigenvalue weighted by Gasteiger charge is 2.23. The van der Waals surface area contributed by atoms with E-state index < -0.39 is 24.1 Å². The number of pyridine rings is 1. The molecule has 0 aliphatic carbocycles. The number of nitrogens with two attached hydrogens (primary N) is 1. The Morgan fingerprint density at radius 2 is 1.97 bits per heavy atom. The first-order valence-electron chi connectivity index (χ1n) is 11.2. The number of ether oxygens (including phenoxy) is 1. The van der Waals surface area contributed by atoms with Crippen molar-refractivity contribution in [3.05, 3.63) is 66.4 Å². The molecule has 0 saturated heterocycles. The molecule has 5 rings (SSSR count). The van der Waals surface area contributed by atoms with Crippen LogP contribution < -0.4 is 15.4 Å². The van der Waals surface area contributed by atoms with Gasteiger partial charge >= 0.3 is 0 Å². The van der Waals surface area contributed by atoms with Gasteiger partial charge in [0.25, 0.3) is 0 Å². The number of hydrogen-bond acceptors (Lipinski definition) is 8. The van der Waals surface area contributed by atoms with Gasteiger partial charge in [-0.15, -0.1) is 22.7 Å². The van der Waals surface area contributed by atoms with E-state index in [9.17, 15) is 9.59 Å². The van der Waals surface area contributed by atoms with Crippen LogP contribution in [0.5, 0.6) is 11.5 Å². The maximum Gasteiger partial charge on any atom is 0.242 e. The summed E-state index contributed by atoms with van der Waals surface area (Å²) in [4.78, 5) is 39.1. The molecule has 0 bridgehead atoms. The van der Waals surface area contributed by atoms with E-state index in [4.69, 9.17) is 10.5 Å². The van der Waals surface area contributed by atoms with E-state index >= 15 is 4.39 Å². The minimum Gasteiger partial charge on any atom is -0.453 e. The first kappa shape index (κ1) is 24.5. The molecule has 1 aromatic carbocycles. The molecular weight excluding hydrogens is 515 g/mol. The third-order valence-electron chi connectivity index (χ3n) is 5.41. The van der Waals surface area contributed by atoms with E-state index in [1.807, 2.05) is 16.8 Å². The zero-order valence-corrected chi connectivity index (χ0v) is 21.4. The van der Waals surface area contributed by atoms with Crippen LogP contribution in [0.1, 0.15) is 26.3 Å². The molecule has 2 N–H and O–H groups in total. The van der Waals surface area contributed by atoms with Gasteiger partial charge < -0.3 is 15.0 Å². The summed E-state index contributed by atoms with van der Waals surface area (Å²) in [6.45, 7) is 4.15. The smallest absolute Gasteiger partial charge is 0.242 e. The second-order valence-electron chi connectivity index (χ2n) is 8.34. The minimum atomic E-state index is -0.792. The predicted molar refractivity (Wildman–Crippen MR) is 141 cm³/mol. The Labute approximate surface area is 219 Å². The third-order valence-corrected chi connectivity index (χ3v) is 7.32. The fourth-order valence-corrected chi connectivity index (χ4v) is 5.32. The number of rotatable bonds is 8. The fraction of sp³-hybridized carbons (Fsp3) is 0.160. The summed E-state index contributed by atoms with van der Waals surface area (Å²) < 4.78 is 23.9. The summed E-state index contributed by atoms with van der Waals surface area (Å²) in [7, 11) is 0. The van der Waals surface area contributed by atoms with E-state index in [2.05, 4.69) is 28.8 Å². The lowest BCUT2D eigenvalue weighted by molar-refractivity contribution is -0.125. The molecule has 0 spiro atoms. The summed E-state index contributed by atoms with van der Waals surface area (Å²) in [5, 5.41) is 1.96. The molecule has 0 aliphatic heterocycles. The Hall–Kier alpha value is -4.16. The van der Waals surface area contributed by atoms with Crippen molar-refractivity contribution in [1.82, 2.24) is 19.5 Å². The van der Waals surface area contributed by atoms with Gasteiger partial charge in [0.05, 0.1) is 32.8 Å². The molecule has 37 heavy (non-hydrogen) atoms. The number of carbonyl (C=O) groups is 2. The Kier molecular flexibility index (Phi) is 6.68. The lowest BCUT2D eigenvalue weighted by Gasteiger charge is -2.20. The molecule has 9 nitrogen and oxygen atoms in total. The molecule has 188 valence electrons. The molecule has 0 radical (unpaired) electrons. The van der Waals surface area contributed by atoms with E-state index in [1.165, 1.54) is 41.0 Å². The van der Waals surface area contributed by atoms with Crippen LogP contribution in [0.4, 0.5) is 15.2 Å². The number of hydrogen-bond donors (Lipinski definition) is 1. The molecule has 0 fully saturated rings. The number of benzene rings is 1. The number of aromatic nitrogens is 4. The van der Waals surface area contributed by atoms with Gasteiger partial charge in [-0.05, 0) is 32.0 Å². The van der Waals surface area contributed by atoms with E-state index in [0.717, 1.165) is 26.2 Å². The molecule has 2 amide bonds. The second kappa shape index (κ2) is 10.1. The number of fused-ring (bicyclic) bond motifs is 1. The quantitative estimate of drug-likeness (QED) is 0.256. The van der Waals surface area contributed by atoms with Gasteiger partial charge in [-0.2, -0.15) is 0 Å². The third kappa shape index (κ3) is 5.06. The summed E-state index contributed by atoms with van der Waals surface area (Å²) in [5.74, 6) is -1.68. The van der Waals surface area contributed by atoms with Crippen molar-refractivity contribution in [2.75, 3.05) is 4.90 Å². The van der Waals surface area contributed by atoms with Gasteiger partial charge in [0, 0.05) is 42.1 Å². The second-order valence-corrected chi connectivity index (χ2v) is 10.3. The number of anilines is 2. The maximum absolute atomic E-state index is 15.2. The molecule has 4 heterocycles. The van der Waals surface area contributed by atoms with Gasteiger partial charge in [-0.1, -0.05) is 0 Å². The summed E-state index contributed by atoms with van der Waals surface area (Å²) >= 11 is 2.63. The Morgan fingerprint density at radius 1 is 1.14 bits per heavy atom. The molecule has 0 atom stereocenters. The topological polar surface area (TPSA) is 116 Å². The van der Waals surface area contributed by atoms with Crippen molar-refractivity contribution < 1.29 is 18.7 Å².